The highest BCUT2D eigenvalue weighted by Gasteiger charge is 2.63. The lowest BCUT2D eigenvalue weighted by atomic mass is 9.85. The molecule has 7 heteroatoms. The van der Waals surface area contributed by atoms with Crippen LogP contribution >= 0.6 is 0 Å². The molecular weight excluding hydrogens is 456 g/mol. The van der Waals surface area contributed by atoms with Crippen LogP contribution in [0.25, 0.3) is 5.57 Å². The fraction of sp³-hybridized carbons (Fsp3) is 0.172. The van der Waals surface area contributed by atoms with Crippen molar-refractivity contribution in [2.75, 3.05) is 12.0 Å². The normalized spacial score (nSPS) is 23.8. The summed E-state index contributed by atoms with van der Waals surface area (Å²) in [5.41, 5.74) is 3.81. The molecule has 0 spiro atoms. The van der Waals surface area contributed by atoms with E-state index in [0.717, 1.165) is 27.2 Å². The van der Waals surface area contributed by atoms with E-state index in [-0.39, 0.29) is 29.0 Å². The van der Waals surface area contributed by atoms with Crippen LogP contribution < -0.4 is 9.64 Å². The van der Waals surface area contributed by atoms with Gasteiger partial charge in [-0.2, -0.15) is 0 Å². The predicted molar refractivity (Wildman–Crippen MR) is 134 cm³/mol. The van der Waals surface area contributed by atoms with Gasteiger partial charge < -0.3 is 4.74 Å². The predicted octanol–water partition coefficient (Wildman–Crippen LogP) is 5.03. The summed E-state index contributed by atoms with van der Waals surface area (Å²) in [5.74, 6) is -2.20. The second kappa shape index (κ2) is 8.30. The first-order valence-electron chi connectivity index (χ1n) is 11.7. The maximum atomic E-state index is 13.8. The molecule has 0 aromatic heterocycles. The zero-order chi connectivity index (χ0) is 25.0. The molecule has 2 bridgehead atoms. The molecule has 2 fully saturated rings. The van der Waals surface area contributed by atoms with Crippen LogP contribution in [-0.2, 0) is 9.59 Å². The van der Waals surface area contributed by atoms with Gasteiger partial charge in [0.1, 0.15) is 11.4 Å². The lowest BCUT2D eigenvalue weighted by Gasteiger charge is -2.21. The Kier molecular flexibility index (Phi) is 5.07. The Balaban J connectivity index is 1.47. The number of methoxy groups -OCH3 is 1. The number of nitrogens with zero attached hydrogens (tertiary/aromatic N) is 2. The van der Waals surface area contributed by atoms with Crippen molar-refractivity contribution in [1.29, 1.82) is 0 Å². The molecule has 178 valence electrons. The molecule has 3 aromatic carbocycles. The van der Waals surface area contributed by atoms with Gasteiger partial charge in [0.2, 0.25) is 11.8 Å². The van der Waals surface area contributed by atoms with Crippen LogP contribution in [0.3, 0.4) is 0 Å². The number of amides is 2. The van der Waals surface area contributed by atoms with Gasteiger partial charge in [-0.1, -0.05) is 72.8 Å². The molecule has 2 amide bonds. The SMILES string of the molecule is COc1ccc(N2C(=O)[C@@H]3[C@H](C2=O)[C@@H]2C=C[C@@H]3C2=C(c2ccccc2)c2ccccc2)c([N+](=O)[O-])c1. The maximum absolute atomic E-state index is 13.8. The van der Waals surface area contributed by atoms with Crippen molar-refractivity contribution in [1.82, 2.24) is 0 Å². The van der Waals surface area contributed by atoms with E-state index in [0.29, 0.717) is 0 Å². The highest BCUT2D eigenvalue weighted by Crippen LogP contribution is 2.59. The molecule has 1 saturated heterocycles. The number of anilines is 1. The van der Waals surface area contributed by atoms with Gasteiger partial charge in [-0.05, 0) is 34.4 Å². The van der Waals surface area contributed by atoms with Crippen LogP contribution in [0.4, 0.5) is 11.4 Å². The second-order valence-corrected chi connectivity index (χ2v) is 9.17. The van der Waals surface area contributed by atoms with Gasteiger partial charge in [0.05, 0.1) is 29.9 Å². The van der Waals surface area contributed by atoms with E-state index in [1.807, 2.05) is 72.8 Å². The lowest BCUT2D eigenvalue weighted by Crippen LogP contribution is -2.33. The minimum Gasteiger partial charge on any atom is -0.496 e. The molecule has 36 heavy (non-hydrogen) atoms. The summed E-state index contributed by atoms with van der Waals surface area (Å²) in [5, 5.41) is 11.8. The molecule has 1 saturated carbocycles. The molecule has 1 aliphatic heterocycles. The molecule has 0 unspecified atom stereocenters. The lowest BCUT2D eigenvalue weighted by molar-refractivity contribution is -0.384. The van der Waals surface area contributed by atoms with Crippen LogP contribution in [-0.4, -0.2) is 23.8 Å². The first kappa shape index (κ1) is 22.0. The molecule has 0 N–H and O–H groups in total. The molecule has 0 radical (unpaired) electrons. The van der Waals surface area contributed by atoms with Crippen molar-refractivity contribution < 1.29 is 19.2 Å². The Hall–Kier alpha value is -4.52. The molecule has 3 aliphatic rings. The van der Waals surface area contributed by atoms with Crippen LogP contribution in [0, 0.1) is 33.8 Å². The molecule has 2 aliphatic carbocycles. The van der Waals surface area contributed by atoms with Gasteiger partial charge in [0.25, 0.3) is 5.69 Å². The van der Waals surface area contributed by atoms with E-state index >= 15 is 0 Å². The first-order valence-corrected chi connectivity index (χ1v) is 11.7. The molecule has 7 nitrogen and oxygen atoms in total. The number of rotatable bonds is 5. The van der Waals surface area contributed by atoms with Crippen molar-refractivity contribution in [3.8, 4) is 5.75 Å². The van der Waals surface area contributed by atoms with Crippen LogP contribution in [0.2, 0.25) is 0 Å². The quantitative estimate of drug-likeness (QED) is 0.222. The van der Waals surface area contributed by atoms with Crippen molar-refractivity contribution in [2.45, 2.75) is 0 Å². The average Bonchev–Trinajstić information content (AvgIpc) is 3.54. The summed E-state index contributed by atoms with van der Waals surface area (Å²) in [6.45, 7) is 0. The zero-order valence-corrected chi connectivity index (χ0v) is 19.4. The number of fused-ring (bicyclic) bond motifs is 5. The minimum absolute atomic E-state index is 0.0125. The van der Waals surface area contributed by atoms with Crippen molar-refractivity contribution >= 4 is 28.8 Å². The molecular formula is C29H22N2O5. The summed E-state index contributed by atoms with van der Waals surface area (Å²) in [6.07, 6.45) is 4.04. The molecule has 3 aromatic rings. The molecule has 6 rings (SSSR count). The standard InChI is InChI=1S/C29H22N2O5/c1-36-19-12-15-22(23(16-19)31(34)35)30-28(32)26-20-13-14-21(27(26)29(30)33)25(20)24(17-8-4-2-5-9-17)18-10-6-3-7-11-18/h2-16,20-21,26-27H,1H3/t20-,21-,26-,27+/m1/s1. The summed E-state index contributed by atoms with van der Waals surface area (Å²) in [4.78, 5) is 39.7. The number of benzene rings is 3. The summed E-state index contributed by atoms with van der Waals surface area (Å²) < 4.78 is 5.11. The summed E-state index contributed by atoms with van der Waals surface area (Å²) >= 11 is 0. The van der Waals surface area contributed by atoms with Crippen molar-refractivity contribution in [2.24, 2.45) is 23.7 Å². The zero-order valence-electron chi connectivity index (χ0n) is 19.4. The van der Waals surface area contributed by atoms with Crippen LogP contribution in [0.15, 0.2) is 96.6 Å². The second-order valence-electron chi connectivity index (χ2n) is 9.17. The average molecular weight is 479 g/mol. The fourth-order valence-corrected chi connectivity index (χ4v) is 6.01. The topological polar surface area (TPSA) is 89.8 Å². The largest absolute Gasteiger partial charge is 0.496 e. The first-order chi connectivity index (χ1) is 17.5. The van der Waals surface area contributed by atoms with E-state index in [1.165, 1.54) is 25.3 Å². The van der Waals surface area contributed by atoms with Gasteiger partial charge >= 0.3 is 0 Å². The van der Waals surface area contributed by atoms with Crippen molar-refractivity contribution in [3.63, 3.8) is 0 Å². The number of nitro groups is 1. The Morgan fingerprint density at radius 1 is 0.833 bits per heavy atom. The minimum atomic E-state index is -0.591. The number of allylic oxidation sites excluding steroid dienone is 3. The van der Waals surface area contributed by atoms with Gasteiger partial charge in [-0.15, -0.1) is 0 Å². The van der Waals surface area contributed by atoms with Gasteiger partial charge in [0.15, 0.2) is 0 Å². The Labute approximate surface area is 207 Å². The monoisotopic (exact) mass is 478 g/mol. The highest BCUT2D eigenvalue weighted by atomic mass is 16.6. The number of nitro benzene ring substituents is 1. The smallest absolute Gasteiger partial charge is 0.297 e. The van der Waals surface area contributed by atoms with E-state index < -0.39 is 28.6 Å². The highest BCUT2D eigenvalue weighted by molar-refractivity contribution is 6.24. The summed E-state index contributed by atoms with van der Waals surface area (Å²) in [6, 6.07) is 24.2. The van der Waals surface area contributed by atoms with Crippen LogP contribution in [0.5, 0.6) is 5.75 Å². The number of carbonyl (C=O) groups is 2. The third kappa shape index (κ3) is 3.12. The third-order valence-electron chi connectivity index (χ3n) is 7.45. The molecule has 1 heterocycles. The van der Waals surface area contributed by atoms with E-state index in [4.69, 9.17) is 4.74 Å². The Bertz CT molecular complexity index is 1390. The van der Waals surface area contributed by atoms with Gasteiger partial charge in [-0.3, -0.25) is 19.7 Å². The van der Waals surface area contributed by atoms with E-state index in [9.17, 15) is 19.7 Å². The maximum Gasteiger partial charge on any atom is 0.297 e. The summed E-state index contributed by atoms with van der Waals surface area (Å²) in [7, 11) is 1.41. The van der Waals surface area contributed by atoms with Gasteiger partial charge in [0, 0.05) is 11.8 Å². The number of ether oxygens (including phenoxy) is 1. The Morgan fingerprint density at radius 3 is 1.83 bits per heavy atom. The van der Waals surface area contributed by atoms with E-state index in [1.54, 1.807) is 0 Å². The molecule has 4 atom stereocenters. The van der Waals surface area contributed by atoms with E-state index in [2.05, 4.69) is 0 Å². The Morgan fingerprint density at radius 2 is 1.36 bits per heavy atom. The number of hydrogen-bond acceptors (Lipinski definition) is 5. The third-order valence-corrected chi connectivity index (χ3v) is 7.45. The number of imide groups is 1. The number of carbonyl (C=O) groups excluding carboxylic acids is 2. The number of hydrogen-bond donors (Lipinski definition) is 0. The van der Waals surface area contributed by atoms with Crippen LogP contribution in [0.1, 0.15) is 11.1 Å². The van der Waals surface area contributed by atoms with Gasteiger partial charge in [-0.25, -0.2) is 4.90 Å². The van der Waals surface area contributed by atoms with Crippen molar-refractivity contribution in [3.05, 3.63) is 118 Å². The fourth-order valence-electron chi connectivity index (χ4n) is 6.01.